The molecule has 0 aromatic heterocycles. The Kier molecular flexibility index (Phi) is 25.6. The molecule has 3 N–H and O–H groups in total. The fourth-order valence-corrected chi connectivity index (χ4v) is 4.53. The molecule has 0 aliphatic heterocycles. The molecule has 0 atom stereocenters. The quantitative estimate of drug-likeness (QED) is 0.0595. The van der Waals surface area contributed by atoms with E-state index in [0.29, 0.717) is 0 Å². The molecule has 324 valence electrons. The summed E-state index contributed by atoms with van der Waals surface area (Å²) in [7, 11) is 3.00. The van der Waals surface area contributed by atoms with Gasteiger partial charge in [0.2, 0.25) is 0 Å². The fourth-order valence-electron chi connectivity index (χ4n) is 4.53. The summed E-state index contributed by atoms with van der Waals surface area (Å²) < 4.78 is 16.3. The topological polar surface area (TPSA) is 169 Å². The van der Waals surface area contributed by atoms with Gasteiger partial charge < -0.3 is 34.3 Å². The van der Waals surface area contributed by atoms with Gasteiger partial charge in [-0.05, 0) is 77.6 Å². The number of amides is 1. The summed E-state index contributed by atoms with van der Waals surface area (Å²) in [6, 6.07) is 38.8. The molecule has 0 fully saturated rings. The van der Waals surface area contributed by atoms with Crippen LogP contribution < -0.4 is 0 Å². The number of halogens is 1. The second kappa shape index (κ2) is 27.8. The summed E-state index contributed by atoms with van der Waals surface area (Å²) in [6.07, 6.45) is 0.769. The van der Waals surface area contributed by atoms with Gasteiger partial charge in [0.1, 0.15) is 31.4 Å². The van der Waals surface area contributed by atoms with E-state index in [-0.39, 0.29) is 36.7 Å². The summed E-state index contributed by atoms with van der Waals surface area (Å²) in [6.45, 7) is 14.9. The predicted molar refractivity (Wildman–Crippen MR) is 233 cm³/mol. The Morgan fingerprint density at radius 2 is 0.881 bits per heavy atom. The van der Waals surface area contributed by atoms with Crippen LogP contribution >= 0.6 is 15.9 Å². The predicted octanol–water partition coefficient (Wildman–Crippen LogP) is 8.50. The van der Waals surface area contributed by atoms with Crippen LogP contribution in [-0.4, -0.2) is 83.8 Å². The zero-order chi connectivity index (χ0) is 45.1. The third-order valence-corrected chi connectivity index (χ3v) is 8.73. The van der Waals surface area contributed by atoms with E-state index in [1.54, 1.807) is 20.9 Å². The maximum Gasteiger partial charge on any atom is 0.329 e. The number of hydrogen-bond acceptors (Lipinski definition) is 9. The Balaban J connectivity index is 0.000000740. The molecule has 0 saturated heterocycles. The minimum atomic E-state index is -0.950. The number of benzene rings is 4. The normalized spacial score (nSPS) is 11.0. The van der Waals surface area contributed by atoms with Crippen molar-refractivity contribution in [3.05, 3.63) is 144 Å². The molecule has 13 heteroatoms. The minimum absolute atomic E-state index is 0.00770. The van der Waals surface area contributed by atoms with Gasteiger partial charge in [-0.2, -0.15) is 0 Å². The van der Waals surface area contributed by atoms with Gasteiger partial charge in [0.05, 0.1) is 29.5 Å². The number of likely N-dealkylation sites (N-methyl/N-ethyl adjacent to an activating group) is 1. The van der Waals surface area contributed by atoms with Gasteiger partial charge in [0.15, 0.2) is 0 Å². The van der Waals surface area contributed by atoms with Crippen LogP contribution in [0.3, 0.4) is 0 Å². The van der Waals surface area contributed by atoms with Crippen LogP contribution in [0.2, 0.25) is 0 Å². The molecule has 4 aromatic carbocycles. The lowest BCUT2D eigenvalue weighted by Crippen LogP contribution is -2.33. The molecule has 0 radical (unpaired) electrons. The molecule has 0 spiro atoms. The Hall–Kier alpha value is -4.76. The average molecular weight is 885 g/mol. The van der Waals surface area contributed by atoms with E-state index in [2.05, 4.69) is 15.9 Å². The van der Waals surface area contributed by atoms with E-state index in [1.165, 1.54) is 7.11 Å². The van der Waals surface area contributed by atoms with Crippen molar-refractivity contribution in [2.24, 2.45) is 0 Å². The molecule has 12 nitrogen and oxygen atoms in total. The highest BCUT2D eigenvalue weighted by Gasteiger charge is 2.24. The number of aldehydes is 1. The molecule has 0 heterocycles. The van der Waals surface area contributed by atoms with Gasteiger partial charge in [-0.25, -0.2) is 9.86 Å². The number of carbonyl (C=O) groups is 4. The van der Waals surface area contributed by atoms with Crippen molar-refractivity contribution in [2.75, 3.05) is 39.3 Å². The van der Waals surface area contributed by atoms with Crippen LogP contribution in [0.15, 0.2) is 121 Å². The Labute approximate surface area is 358 Å². The molecule has 0 bridgehead atoms. The van der Waals surface area contributed by atoms with Gasteiger partial charge in [-0.15, -0.1) is 0 Å². The van der Waals surface area contributed by atoms with E-state index < -0.39 is 28.7 Å². The van der Waals surface area contributed by atoms with Crippen molar-refractivity contribution >= 4 is 40.1 Å². The smallest absolute Gasteiger partial charge is 0.329 e. The molecular formula is C46H62BrNO11. The molecule has 4 rings (SSSR count). The number of hydrogen-bond donors (Lipinski definition) is 3. The number of hydroxylamine groups is 2. The molecule has 0 aliphatic rings. The standard InChI is InChI=1S/C13H19NO3.C11H14O3.C11H14O2.C9H12O.C2H3BrO2/c1-13(2,11-8-6-5-7-9-11)17-10-12(15)14(3)16-4;1-11(2,14-8-10(12)13)9-6-4-3-5-7-9;1-11(2,13-9-8-12)10-6-4-3-5-7-10;1-9(2,10)8-6-4-3-5-7-8;3-1-2(4)5/h5-9H,10H2,1-4H3;3-7H,8H2,1-2H3,(H,12,13);3-8H,9H2,1-2H3;3-7,10H,1-2H3;1H2,(H,4,5). The SMILES string of the molecule is CC(C)(O)c1ccccc1.CC(C)(OCC(=O)O)c1ccccc1.CC(C)(OCC=O)c1ccccc1.CON(C)C(=O)COC(C)(C)c1ccccc1.O=C(O)CBr. The Bertz CT molecular complexity index is 1750. The summed E-state index contributed by atoms with van der Waals surface area (Å²) in [4.78, 5) is 46.1. The van der Waals surface area contributed by atoms with Crippen LogP contribution in [0.1, 0.15) is 77.6 Å². The third kappa shape index (κ3) is 24.0. The number of aliphatic hydroxyl groups is 1. The molecule has 59 heavy (non-hydrogen) atoms. The summed E-state index contributed by atoms with van der Waals surface area (Å²) in [5.74, 6) is -1.99. The van der Waals surface area contributed by atoms with Gasteiger partial charge in [-0.1, -0.05) is 137 Å². The van der Waals surface area contributed by atoms with Gasteiger partial charge in [0, 0.05) is 7.05 Å². The number of alkyl halides is 1. The van der Waals surface area contributed by atoms with Crippen LogP contribution in [-0.2, 0) is 60.6 Å². The Morgan fingerprint density at radius 1 is 0.576 bits per heavy atom. The van der Waals surface area contributed by atoms with Crippen LogP contribution in [0, 0.1) is 0 Å². The van der Waals surface area contributed by atoms with Gasteiger partial charge in [-0.3, -0.25) is 14.4 Å². The summed E-state index contributed by atoms with van der Waals surface area (Å²) >= 11 is 2.71. The molecule has 1 amide bonds. The monoisotopic (exact) mass is 883 g/mol. The maximum absolute atomic E-state index is 11.5. The first-order chi connectivity index (χ1) is 27.5. The third-order valence-electron chi connectivity index (χ3n) is 8.25. The van der Waals surface area contributed by atoms with Crippen molar-refractivity contribution in [2.45, 2.75) is 77.8 Å². The number of nitrogens with zero attached hydrogens (tertiary/aromatic N) is 1. The van der Waals surface area contributed by atoms with Crippen molar-refractivity contribution in [3.63, 3.8) is 0 Å². The van der Waals surface area contributed by atoms with Crippen molar-refractivity contribution in [1.82, 2.24) is 5.06 Å². The van der Waals surface area contributed by atoms with E-state index in [4.69, 9.17) is 29.3 Å². The van der Waals surface area contributed by atoms with E-state index in [9.17, 15) is 24.3 Å². The number of carbonyl (C=O) groups excluding carboxylic acids is 2. The molecule has 4 aromatic rings. The summed E-state index contributed by atoms with van der Waals surface area (Å²) in [5, 5.41) is 26.9. The van der Waals surface area contributed by atoms with E-state index in [0.717, 1.165) is 33.6 Å². The van der Waals surface area contributed by atoms with Crippen molar-refractivity contribution in [3.8, 4) is 0 Å². The maximum atomic E-state index is 11.5. The van der Waals surface area contributed by atoms with Crippen LogP contribution in [0.4, 0.5) is 0 Å². The molecule has 0 aliphatic carbocycles. The number of rotatable bonds is 15. The minimum Gasteiger partial charge on any atom is -0.481 e. The Morgan fingerprint density at radius 3 is 1.14 bits per heavy atom. The number of carboxylic acid groups (broad SMARTS) is 2. The van der Waals surface area contributed by atoms with E-state index >= 15 is 0 Å². The number of ether oxygens (including phenoxy) is 3. The van der Waals surface area contributed by atoms with Gasteiger partial charge in [0.25, 0.3) is 5.91 Å². The lowest BCUT2D eigenvalue weighted by atomic mass is 9.98. The molecule has 0 saturated carbocycles. The zero-order valence-electron chi connectivity index (χ0n) is 35.9. The summed E-state index contributed by atoms with van der Waals surface area (Å²) in [5.41, 5.74) is 1.90. The second-order valence-corrected chi connectivity index (χ2v) is 15.2. The highest BCUT2D eigenvalue weighted by atomic mass is 79.9. The largest absolute Gasteiger partial charge is 0.481 e. The van der Waals surface area contributed by atoms with Crippen LogP contribution in [0.5, 0.6) is 0 Å². The lowest BCUT2D eigenvalue weighted by molar-refractivity contribution is -0.178. The molecular weight excluding hydrogens is 822 g/mol. The first-order valence-electron chi connectivity index (χ1n) is 18.6. The van der Waals surface area contributed by atoms with Crippen LogP contribution in [0.25, 0.3) is 0 Å². The number of carboxylic acids is 2. The lowest BCUT2D eigenvalue weighted by Gasteiger charge is -2.26. The highest BCUT2D eigenvalue weighted by Crippen LogP contribution is 2.26. The van der Waals surface area contributed by atoms with Gasteiger partial charge >= 0.3 is 11.9 Å². The number of aliphatic carboxylic acids is 2. The van der Waals surface area contributed by atoms with Crippen molar-refractivity contribution < 1.29 is 53.5 Å². The van der Waals surface area contributed by atoms with E-state index in [1.807, 2.05) is 163 Å². The fraction of sp³-hybridized carbons (Fsp3) is 0.391. The van der Waals surface area contributed by atoms with Crippen molar-refractivity contribution in [1.29, 1.82) is 0 Å². The average Bonchev–Trinajstić information content (AvgIpc) is 3.23. The zero-order valence-corrected chi connectivity index (χ0v) is 37.5. The first kappa shape index (κ1) is 54.2. The first-order valence-corrected chi connectivity index (χ1v) is 19.8. The highest BCUT2D eigenvalue weighted by molar-refractivity contribution is 9.09. The second-order valence-electron chi connectivity index (χ2n) is 14.6. The molecule has 0 unspecified atom stereocenters.